The van der Waals surface area contributed by atoms with E-state index in [9.17, 15) is 4.79 Å². The molecule has 0 atom stereocenters. The quantitative estimate of drug-likeness (QED) is 0.752. The van der Waals surface area contributed by atoms with Gasteiger partial charge in [0.25, 0.3) is 0 Å². The highest BCUT2D eigenvalue weighted by Gasteiger charge is 2.35. The third-order valence-corrected chi connectivity index (χ3v) is 5.01. The molecule has 0 amide bonds. The van der Waals surface area contributed by atoms with Crippen LogP contribution in [0.15, 0.2) is 15.9 Å². The molecule has 0 N–H and O–H groups in total. The van der Waals surface area contributed by atoms with E-state index in [1.165, 1.54) is 0 Å². The van der Waals surface area contributed by atoms with Gasteiger partial charge in [-0.05, 0) is 47.1 Å². The molecule has 0 fully saturated rings. The number of Topliss-reactive ketones (excluding diaryl/α,β-unsaturated/α-hetero) is 1. The zero-order valence-electron chi connectivity index (χ0n) is 10.6. The van der Waals surface area contributed by atoms with E-state index in [1.54, 1.807) is 11.3 Å². The number of carbonyl (C=O) groups excluding carboxylic acids is 1. The predicted octanol–water partition coefficient (Wildman–Crippen LogP) is 4.22. The zero-order valence-corrected chi connectivity index (χ0v) is 13.0. The van der Waals surface area contributed by atoms with Crippen molar-refractivity contribution >= 4 is 33.0 Å². The zero-order chi connectivity index (χ0) is 12.9. The van der Waals surface area contributed by atoms with Crippen molar-refractivity contribution in [2.75, 3.05) is 6.61 Å². The van der Waals surface area contributed by atoms with Gasteiger partial charge in [-0.15, -0.1) is 11.3 Å². The summed E-state index contributed by atoms with van der Waals surface area (Å²) in [4.78, 5) is 13.5. The molecule has 1 rings (SSSR count). The fourth-order valence-corrected chi connectivity index (χ4v) is 3.45. The van der Waals surface area contributed by atoms with Crippen LogP contribution in [0.2, 0.25) is 0 Å². The highest BCUT2D eigenvalue weighted by atomic mass is 79.9. The topological polar surface area (TPSA) is 26.3 Å². The van der Waals surface area contributed by atoms with Gasteiger partial charge in [0.1, 0.15) is 5.60 Å². The van der Waals surface area contributed by atoms with Gasteiger partial charge in [0.15, 0.2) is 5.78 Å². The van der Waals surface area contributed by atoms with Gasteiger partial charge in [-0.3, -0.25) is 4.79 Å². The lowest BCUT2D eigenvalue weighted by molar-refractivity contribution is -0.144. The van der Waals surface area contributed by atoms with E-state index >= 15 is 0 Å². The summed E-state index contributed by atoms with van der Waals surface area (Å²) in [6.45, 7) is 6.55. The Balaban J connectivity index is 2.82. The van der Waals surface area contributed by atoms with Gasteiger partial charge in [-0.25, -0.2) is 0 Å². The summed E-state index contributed by atoms with van der Waals surface area (Å²) in [7, 11) is 0. The molecule has 2 nitrogen and oxygen atoms in total. The summed E-state index contributed by atoms with van der Waals surface area (Å²) in [5, 5.41) is 1.99. The molecule has 4 heteroatoms. The van der Waals surface area contributed by atoms with Crippen LogP contribution < -0.4 is 0 Å². The molecule has 1 aromatic heterocycles. The van der Waals surface area contributed by atoms with Crippen molar-refractivity contribution in [3.8, 4) is 0 Å². The van der Waals surface area contributed by atoms with E-state index in [0.717, 1.165) is 22.2 Å². The van der Waals surface area contributed by atoms with Crippen LogP contribution in [-0.4, -0.2) is 18.0 Å². The molecule has 1 aromatic rings. The van der Waals surface area contributed by atoms with E-state index in [4.69, 9.17) is 4.74 Å². The van der Waals surface area contributed by atoms with E-state index in [-0.39, 0.29) is 5.78 Å². The van der Waals surface area contributed by atoms with E-state index in [2.05, 4.69) is 15.9 Å². The maximum atomic E-state index is 12.4. The maximum Gasteiger partial charge on any atom is 0.169 e. The number of hydrogen-bond donors (Lipinski definition) is 0. The first-order valence-corrected chi connectivity index (χ1v) is 7.66. The van der Waals surface area contributed by atoms with Crippen LogP contribution in [0.1, 0.15) is 38.5 Å². The van der Waals surface area contributed by atoms with Gasteiger partial charge < -0.3 is 4.74 Å². The standard InChI is InChI=1S/C13H19BrO2S/c1-4-13(5-2,16-6-3)12(15)9-11-10(14)7-8-17-11/h7-8H,4-6,9H2,1-3H3. The second-order valence-electron chi connectivity index (χ2n) is 3.93. The average molecular weight is 319 g/mol. The molecule has 0 aliphatic carbocycles. The van der Waals surface area contributed by atoms with E-state index in [0.29, 0.717) is 13.0 Å². The highest BCUT2D eigenvalue weighted by molar-refractivity contribution is 9.10. The van der Waals surface area contributed by atoms with Gasteiger partial charge in [-0.1, -0.05) is 13.8 Å². The molecule has 0 spiro atoms. The largest absolute Gasteiger partial charge is 0.368 e. The van der Waals surface area contributed by atoms with Crippen molar-refractivity contribution in [1.29, 1.82) is 0 Å². The van der Waals surface area contributed by atoms with Crippen LogP contribution in [0, 0.1) is 0 Å². The van der Waals surface area contributed by atoms with Crippen LogP contribution in [0.3, 0.4) is 0 Å². The second-order valence-corrected chi connectivity index (χ2v) is 5.78. The fraction of sp³-hybridized carbons (Fsp3) is 0.615. The average Bonchev–Trinajstić information content (AvgIpc) is 2.72. The number of ketones is 1. The molecule has 0 aliphatic heterocycles. The van der Waals surface area contributed by atoms with Crippen molar-refractivity contribution in [3.05, 3.63) is 20.8 Å². The van der Waals surface area contributed by atoms with Crippen LogP contribution in [0.5, 0.6) is 0 Å². The Morgan fingerprint density at radius 2 is 2.06 bits per heavy atom. The Morgan fingerprint density at radius 3 is 2.47 bits per heavy atom. The molecule has 0 unspecified atom stereocenters. The molecule has 0 bridgehead atoms. The first-order chi connectivity index (χ1) is 8.09. The molecule has 0 radical (unpaired) electrons. The molecular weight excluding hydrogens is 300 g/mol. The lowest BCUT2D eigenvalue weighted by Gasteiger charge is -2.29. The number of halogens is 1. The molecule has 0 aliphatic rings. The van der Waals surface area contributed by atoms with Gasteiger partial charge in [0.2, 0.25) is 0 Å². The van der Waals surface area contributed by atoms with Crippen molar-refractivity contribution in [3.63, 3.8) is 0 Å². The Hall–Kier alpha value is -0.190. The molecule has 17 heavy (non-hydrogen) atoms. The summed E-state index contributed by atoms with van der Waals surface area (Å²) < 4.78 is 6.74. The van der Waals surface area contributed by atoms with Crippen LogP contribution in [-0.2, 0) is 16.0 Å². The van der Waals surface area contributed by atoms with Gasteiger partial charge >= 0.3 is 0 Å². The van der Waals surface area contributed by atoms with Crippen molar-refractivity contribution in [2.45, 2.75) is 45.6 Å². The lowest BCUT2D eigenvalue weighted by Crippen LogP contribution is -2.41. The maximum absolute atomic E-state index is 12.4. The minimum absolute atomic E-state index is 0.188. The monoisotopic (exact) mass is 318 g/mol. The Labute approximate surface area is 115 Å². The third-order valence-electron chi connectivity index (χ3n) is 3.08. The van der Waals surface area contributed by atoms with Gasteiger partial charge in [0, 0.05) is 22.4 Å². The number of thiophene rings is 1. The normalized spacial score (nSPS) is 11.8. The van der Waals surface area contributed by atoms with Gasteiger partial charge in [-0.2, -0.15) is 0 Å². The second kappa shape index (κ2) is 6.66. The number of rotatable bonds is 7. The van der Waals surface area contributed by atoms with E-state index in [1.807, 2.05) is 32.2 Å². The van der Waals surface area contributed by atoms with Gasteiger partial charge in [0.05, 0.1) is 0 Å². The minimum atomic E-state index is -0.599. The van der Waals surface area contributed by atoms with E-state index < -0.39 is 5.60 Å². The number of ether oxygens (including phenoxy) is 1. The Kier molecular flexibility index (Phi) is 5.83. The SMILES string of the molecule is CCOC(CC)(CC)C(=O)Cc1sccc1Br. The highest BCUT2D eigenvalue weighted by Crippen LogP contribution is 2.28. The molecule has 0 saturated carbocycles. The number of carbonyl (C=O) groups is 1. The van der Waals surface area contributed by atoms with Crippen LogP contribution in [0.4, 0.5) is 0 Å². The fourth-order valence-electron chi connectivity index (χ4n) is 1.96. The number of hydrogen-bond acceptors (Lipinski definition) is 3. The first kappa shape index (κ1) is 14.9. The predicted molar refractivity (Wildman–Crippen MR) is 75.7 cm³/mol. The molecule has 0 saturated heterocycles. The Bertz CT molecular complexity index is 369. The molecular formula is C13H19BrO2S. The molecule has 96 valence electrons. The van der Waals surface area contributed by atoms with Crippen LogP contribution in [0.25, 0.3) is 0 Å². The smallest absolute Gasteiger partial charge is 0.169 e. The minimum Gasteiger partial charge on any atom is -0.368 e. The van der Waals surface area contributed by atoms with Crippen LogP contribution >= 0.6 is 27.3 Å². The van der Waals surface area contributed by atoms with Crippen molar-refractivity contribution in [1.82, 2.24) is 0 Å². The van der Waals surface area contributed by atoms with Crippen molar-refractivity contribution < 1.29 is 9.53 Å². The summed E-state index contributed by atoms with van der Waals surface area (Å²) in [6.07, 6.45) is 1.93. The Morgan fingerprint density at radius 1 is 1.41 bits per heavy atom. The lowest BCUT2D eigenvalue weighted by atomic mass is 9.89. The summed E-state index contributed by atoms with van der Waals surface area (Å²) in [5.74, 6) is 0.188. The third kappa shape index (κ3) is 3.39. The summed E-state index contributed by atoms with van der Waals surface area (Å²) >= 11 is 5.07. The summed E-state index contributed by atoms with van der Waals surface area (Å²) in [6, 6.07) is 1.98. The van der Waals surface area contributed by atoms with Crippen molar-refractivity contribution in [2.24, 2.45) is 0 Å². The summed E-state index contributed by atoms with van der Waals surface area (Å²) in [5.41, 5.74) is -0.599. The molecule has 0 aromatic carbocycles. The first-order valence-electron chi connectivity index (χ1n) is 5.98. The molecule has 1 heterocycles.